The zero-order chi connectivity index (χ0) is 14.7. The van der Waals surface area contributed by atoms with E-state index in [4.69, 9.17) is 9.47 Å². The second-order valence-electron chi connectivity index (χ2n) is 6.25. The van der Waals surface area contributed by atoms with E-state index in [1.807, 2.05) is 13.1 Å². The molecule has 4 heteroatoms. The van der Waals surface area contributed by atoms with Crippen LogP contribution in [0.25, 0.3) is 0 Å². The molecule has 1 aromatic rings. The summed E-state index contributed by atoms with van der Waals surface area (Å²) < 4.78 is 11.3. The van der Waals surface area contributed by atoms with Crippen molar-refractivity contribution in [1.82, 2.24) is 10.2 Å². The van der Waals surface area contributed by atoms with Crippen molar-refractivity contribution in [3.8, 4) is 11.5 Å². The van der Waals surface area contributed by atoms with Gasteiger partial charge in [-0.3, -0.25) is 0 Å². The highest BCUT2D eigenvalue weighted by atomic mass is 16.6. The predicted molar refractivity (Wildman–Crippen MR) is 84.1 cm³/mol. The van der Waals surface area contributed by atoms with Crippen molar-refractivity contribution in [2.75, 3.05) is 39.9 Å². The summed E-state index contributed by atoms with van der Waals surface area (Å²) in [6.45, 7) is 7.12. The van der Waals surface area contributed by atoms with Crippen molar-refractivity contribution in [3.63, 3.8) is 0 Å². The number of benzene rings is 1. The van der Waals surface area contributed by atoms with E-state index >= 15 is 0 Å². The van der Waals surface area contributed by atoms with E-state index in [0.29, 0.717) is 19.3 Å². The fourth-order valence-electron chi connectivity index (χ4n) is 3.35. The summed E-state index contributed by atoms with van der Waals surface area (Å²) in [7, 11) is 2.04. The molecule has 116 valence electrons. The third-order valence-corrected chi connectivity index (χ3v) is 4.50. The molecule has 0 radical (unpaired) electrons. The van der Waals surface area contributed by atoms with Crippen LogP contribution in [0.2, 0.25) is 0 Å². The summed E-state index contributed by atoms with van der Waals surface area (Å²) in [6.07, 6.45) is 2.68. The maximum absolute atomic E-state index is 5.70. The number of likely N-dealkylation sites (tertiary alicyclic amines) is 1. The third kappa shape index (κ3) is 3.50. The van der Waals surface area contributed by atoms with Gasteiger partial charge in [0.25, 0.3) is 0 Å². The summed E-state index contributed by atoms with van der Waals surface area (Å²) in [6, 6.07) is 6.66. The van der Waals surface area contributed by atoms with Crippen LogP contribution in [-0.4, -0.2) is 44.8 Å². The van der Waals surface area contributed by atoms with E-state index < -0.39 is 0 Å². The number of likely N-dealkylation sites (N-methyl/N-ethyl adjacent to an activating group) is 1. The quantitative estimate of drug-likeness (QED) is 0.923. The number of hydrogen-bond donors (Lipinski definition) is 1. The summed E-state index contributed by atoms with van der Waals surface area (Å²) >= 11 is 0. The molecule has 2 atom stereocenters. The molecule has 0 saturated carbocycles. The van der Waals surface area contributed by atoms with Crippen molar-refractivity contribution >= 4 is 0 Å². The molecule has 1 aromatic carbocycles. The molecule has 21 heavy (non-hydrogen) atoms. The minimum absolute atomic E-state index is 0.339. The van der Waals surface area contributed by atoms with Gasteiger partial charge in [-0.1, -0.05) is 13.0 Å². The lowest BCUT2D eigenvalue weighted by Gasteiger charge is -2.34. The maximum Gasteiger partial charge on any atom is 0.161 e. The molecule has 2 aliphatic rings. The Kier molecular flexibility index (Phi) is 4.66. The molecule has 0 amide bonds. The van der Waals surface area contributed by atoms with E-state index in [1.54, 1.807) is 0 Å². The van der Waals surface area contributed by atoms with Gasteiger partial charge in [-0.25, -0.2) is 0 Å². The molecule has 2 aliphatic heterocycles. The fraction of sp³-hybridized carbons (Fsp3) is 0.647. The zero-order valence-corrected chi connectivity index (χ0v) is 13.1. The number of rotatable bonds is 4. The molecule has 4 nitrogen and oxygen atoms in total. The van der Waals surface area contributed by atoms with E-state index in [9.17, 15) is 0 Å². The SMILES string of the molecule is CNC(CN1CCCC(C)C1)c1ccc2c(c1)OCCO2. The smallest absolute Gasteiger partial charge is 0.161 e. The molecule has 1 N–H and O–H groups in total. The van der Waals surface area contributed by atoms with Crippen LogP contribution < -0.4 is 14.8 Å². The van der Waals surface area contributed by atoms with Gasteiger partial charge in [0.15, 0.2) is 11.5 Å². The molecular formula is C17H26N2O2. The number of hydrogen-bond acceptors (Lipinski definition) is 4. The first-order valence-corrected chi connectivity index (χ1v) is 8.05. The monoisotopic (exact) mass is 290 g/mol. The largest absolute Gasteiger partial charge is 0.486 e. The lowest BCUT2D eigenvalue weighted by atomic mass is 9.98. The van der Waals surface area contributed by atoms with Gasteiger partial charge in [-0.15, -0.1) is 0 Å². The van der Waals surface area contributed by atoms with Crippen LogP contribution in [0, 0.1) is 5.92 Å². The molecule has 0 bridgehead atoms. The van der Waals surface area contributed by atoms with Gasteiger partial charge < -0.3 is 19.7 Å². The number of fused-ring (bicyclic) bond motifs is 1. The van der Waals surface area contributed by atoms with Crippen LogP contribution in [0.15, 0.2) is 18.2 Å². The molecule has 0 aromatic heterocycles. The second-order valence-corrected chi connectivity index (χ2v) is 6.25. The number of ether oxygens (including phenoxy) is 2. The first-order chi connectivity index (χ1) is 10.3. The van der Waals surface area contributed by atoms with Gasteiger partial charge >= 0.3 is 0 Å². The molecule has 0 aliphatic carbocycles. The van der Waals surface area contributed by atoms with Crippen LogP contribution in [0.3, 0.4) is 0 Å². The number of nitrogens with one attached hydrogen (secondary N) is 1. The Morgan fingerprint density at radius 2 is 2.10 bits per heavy atom. The average molecular weight is 290 g/mol. The Balaban J connectivity index is 1.70. The highest BCUT2D eigenvalue weighted by molar-refractivity contribution is 5.44. The highest BCUT2D eigenvalue weighted by Gasteiger charge is 2.21. The Morgan fingerprint density at radius 1 is 1.29 bits per heavy atom. The summed E-state index contributed by atoms with van der Waals surface area (Å²) in [4.78, 5) is 2.58. The summed E-state index contributed by atoms with van der Waals surface area (Å²) in [5, 5.41) is 3.45. The Labute approximate surface area is 127 Å². The Bertz CT molecular complexity index is 478. The van der Waals surface area contributed by atoms with Gasteiger partial charge in [0.2, 0.25) is 0 Å². The molecule has 2 unspecified atom stereocenters. The summed E-state index contributed by atoms with van der Waals surface area (Å²) in [5.41, 5.74) is 1.28. The van der Waals surface area contributed by atoms with Crippen LogP contribution >= 0.6 is 0 Å². The normalized spacial score (nSPS) is 23.8. The molecule has 1 fully saturated rings. The lowest BCUT2D eigenvalue weighted by molar-refractivity contribution is 0.165. The Morgan fingerprint density at radius 3 is 2.86 bits per heavy atom. The van der Waals surface area contributed by atoms with Crippen LogP contribution in [0.4, 0.5) is 0 Å². The van der Waals surface area contributed by atoms with E-state index in [2.05, 4.69) is 29.3 Å². The molecule has 0 spiro atoms. The zero-order valence-electron chi connectivity index (χ0n) is 13.1. The second kappa shape index (κ2) is 6.67. The highest BCUT2D eigenvalue weighted by Crippen LogP contribution is 2.33. The van der Waals surface area contributed by atoms with Crippen molar-refractivity contribution in [2.24, 2.45) is 5.92 Å². The topological polar surface area (TPSA) is 33.7 Å². The van der Waals surface area contributed by atoms with Crippen LogP contribution in [0.5, 0.6) is 11.5 Å². The van der Waals surface area contributed by atoms with Crippen molar-refractivity contribution in [3.05, 3.63) is 23.8 Å². The fourth-order valence-corrected chi connectivity index (χ4v) is 3.35. The third-order valence-electron chi connectivity index (χ3n) is 4.50. The van der Waals surface area contributed by atoms with Crippen LogP contribution in [-0.2, 0) is 0 Å². The first kappa shape index (κ1) is 14.7. The van der Waals surface area contributed by atoms with Crippen molar-refractivity contribution in [1.29, 1.82) is 0 Å². The first-order valence-electron chi connectivity index (χ1n) is 8.05. The van der Waals surface area contributed by atoms with Gasteiger partial charge in [0, 0.05) is 19.1 Å². The van der Waals surface area contributed by atoms with E-state index in [-0.39, 0.29) is 0 Å². The predicted octanol–water partition coefficient (Wildman–Crippen LogP) is 2.45. The minimum atomic E-state index is 0.339. The molecular weight excluding hydrogens is 264 g/mol. The summed E-state index contributed by atoms with van der Waals surface area (Å²) in [5.74, 6) is 2.56. The average Bonchev–Trinajstić information content (AvgIpc) is 2.52. The molecule has 2 heterocycles. The number of piperidine rings is 1. The van der Waals surface area contributed by atoms with Crippen molar-refractivity contribution in [2.45, 2.75) is 25.8 Å². The van der Waals surface area contributed by atoms with E-state index in [0.717, 1.165) is 24.0 Å². The standard InChI is InChI=1S/C17H26N2O2/c1-13-4-3-7-19(11-13)12-15(18-2)14-5-6-16-17(10-14)21-9-8-20-16/h5-6,10,13,15,18H,3-4,7-9,11-12H2,1-2H3. The van der Waals surface area contributed by atoms with Crippen LogP contribution in [0.1, 0.15) is 31.4 Å². The van der Waals surface area contributed by atoms with Gasteiger partial charge in [0.05, 0.1) is 0 Å². The van der Waals surface area contributed by atoms with Crippen molar-refractivity contribution < 1.29 is 9.47 Å². The lowest BCUT2D eigenvalue weighted by Crippen LogP contribution is -2.39. The maximum atomic E-state index is 5.70. The number of nitrogens with zero attached hydrogens (tertiary/aromatic N) is 1. The molecule has 3 rings (SSSR count). The van der Waals surface area contributed by atoms with Gasteiger partial charge in [0.1, 0.15) is 13.2 Å². The van der Waals surface area contributed by atoms with Gasteiger partial charge in [-0.05, 0) is 50.0 Å². The molecule has 1 saturated heterocycles. The minimum Gasteiger partial charge on any atom is -0.486 e. The van der Waals surface area contributed by atoms with E-state index in [1.165, 1.54) is 31.5 Å². The Hall–Kier alpha value is -1.26. The van der Waals surface area contributed by atoms with Gasteiger partial charge in [-0.2, -0.15) is 0 Å².